The van der Waals surface area contributed by atoms with Gasteiger partial charge in [-0.3, -0.25) is 0 Å². The van der Waals surface area contributed by atoms with E-state index in [4.69, 9.17) is 4.74 Å². The van der Waals surface area contributed by atoms with E-state index in [-0.39, 0.29) is 0 Å². The fourth-order valence-electron chi connectivity index (χ4n) is 2.26. The smallest absolute Gasteiger partial charge is 0.366 e. The maximum atomic E-state index is 12.8. The van der Waals surface area contributed by atoms with Gasteiger partial charge in [0.25, 0.3) is 0 Å². The lowest BCUT2D eigenvalue weighted by atomic mass is 9.74. The molecule has 104 valence electrons. The van der Waals surface area contributed by atoms with Gasteiger partial charge in [0, 0.05) is 4.47 Å². The van der Waals surface area contributed by atoms with Gasteiger partial charge in [0.2, 0.25) is 0 Å². The van der Waals surface area contributed by atoms with E-state index in [1.165, 1.54) is 12.1 Å². The highest BCUT2D eigenvalue weighted by Crippen LogP contribution is 2.48. The van der Waals surface area contributed by atoms with Gasteiger partial charge in [-0.25, -0.2) is 0 Å². The van der Waals surface area contributed by atoms with Gasteiger partial charge in [0.1, 0.15) is 0 Å². The van der Waals surface area contributed by atoms with E-state index < -0.39 is 17.3 Å². The summed E-state index contributed by atoms with van der Waals surface area (Å²) in [5, 5.41) is 0. The van der Waals surface area contributed by atoms with Crippen LogP contribution in [-0.2, 0) is 16.5 Å². The molecule has 0 N–H and O–H groups in total. The average molecular weight is 335 g/mol. The third-order valence-electron chi connectivity index (χ3n) is 3.42. The molecule has 5 heteroatoms. The number of halogens is 4. The molecule has 0 radical (unpaired) electrons. The molecule has 0 unspecified atom stereocenters. The minimum Gasteiger partial charge on any atom is -0.366 e. The van der Waals surface area contributed by atoms with Crippen molar-refractivity contribution in [3.63, 3.8) is 0 Å². The average Bonchev–Trinajstić information content (AvgIpc) is 2.28. The monoisotopic (exact) mass is 334 g/mol. The molecule has 0 atom stereocenters. The molecule has 0 amide bonds. The first-order valence-electron chi connectivity index (χ1n) is 6.01. The Morgan fingerprint density at radius 3 is 2.53 bits per heavy atom. The highest BCUT2D eigenvalue weighted by atomic mass is 79.9. The van der Waals surface area contributed by atoms with Crippen LogP contribution in [0.5, 0.6) is 0 Å². The molecule has 1 nitrogen and oxygen atoms in total. The minimum absolute atomic E-state index is 0.336. The number of hydrogen-bond donors (Lipinski definition) is 0. The fourth-order valence-corrected chi connectivity index (χ4v) is 2.87. The van der Waals surface area contributed by atoms with Gasteiger partial charge in [-0.2, -0.15) is 13.2 Å². The summed E-state index contributed by atoms with van der Waals surface area (Å²) < 4.78 is 44.8. The molecule has 1 saturated carbocycles. The van der Waals surface area contributed by atoms with Crippen molar-refractivity contribution in [3.8, 4) is 0 Å². The van der Waals surface area contributed by atoms with Gasteiger partial charge in [0.15, 0.2) is 0 Å². The second-order valence-electron chi connectivity index (χ2n) is 4.64. The van der Waals surface area contributed by atoms with Crippen molar-refractivity contribution in [2.24, 2.45) is 0 Å². The van der Waals surface area contributed by atoms with Crippen LogP contribution in [0.2, 0.25) is 0 Å². The molecule has 1 aliphatic rings. The fraction of sp³-hybridized carbons (Fsp3) is 0.429. The Kier molecular flexibility index (Phi) is 4.06. The van der Waals surface area contributed by atoms with Crippen LogP contribution in [0, 0.1) is 0 Å². The Morgan fingerprint density at radius 2 is 2.05 bits per heavy atom. The number of rotatable bonds is 4. The lowest BCUT2D eigenvalue weighted by Crippen LogP contribution is -2.38. The molecule has 1 aromatic carbocycles. The Morgan fingerprint density at radius 1 is 1.37 bits per heavy atom. The lowest BCUT2D eigenvalue weighted by Gasteiger charge is -2.42. The minimum atomic E-state index is -4.33. The highest BCUT2D eigenvalue weighted by Gasteiger charge is 2.42. The van der Waals surface area contributed by atoms with E-state index in [1.807, 2.05) is 0 Å². The van der Waals surface area contributed by atoms with Crippen LogP contribution in [0.3, 0.4) is 0 Å². The number of hydrogen-bond acceptors (Lipinski definition) is 1. The molecular weight excluding hydrogens is 321 g/mol. The van der Waals surface area contributed by atoms with Gasteiger partial charge in [-0.15, -0.1) is 6.58 Å². The second-order valence-corrected chi connectivity index (χ2v) is 5.49. The first kappa shape index (κ1) is 14.6. The molecule has 0 bridgehead atoms. The number of ether oxygens (including phenoxy) is 1. The van der Waals surface area contributed by atoms with Crippen molar-refractivity contribution in [3.05, 3.63) is 46.5 Å². The predicted molar refractivity (Wildman–Crippen MR) is 70.8 cm³/mol. The van der Waals surface area contributed by atoms with Gasteiger partial charge in [-0.05, 0) is 43.0 Å². The van der Waals surface area contributed by atoms with Crippen LogP contribution in [0.25, 0.3) is 0 Å². The molecule has 1 aromatic rings. The van der Waals surface area contributed by atoms with Crippen molar-refractivity contribution in [2.45, 2.75) is 31.0 Å². The summed E-state index contributed by atoms with van der Waals surface area (Å²) in [6.07, 6.45) is -0.290. The molecule has 0 saturated heterocycles. The first-order valence-corrected chi connectivity index (χ1v) is 6.80. The zero-order valence-corrected chi connectivity index (χ0v) is 11.9. The summed E-state index contributed by atoms with van der Waals surface area (Å²) in [5.41, 5.74) is -0.663. The number of benzene rings is 1. The summed E-state index contributed by atoms with van der Waals surface area (Å²) in [4.78, 5) is 0. The zero-order chi connectivity index (χ0) is 14.1. The normalized spacial score (nSPS) is 17.9. The molecule has 0 heterocycles. The van der Waals surface area contributed by atoms with Crippen LogP contribution >= 0.6 is 15.9 Å². The van der Waals surface area contributed by atoms with E-state index in [9.17, 15) is 13.2 Å². The largest absolute Gasteiger partial charge is 0.416 e. The summed E-state index contributed by atoms with van der Waals surface area (Å²) in [7, 11) is 0. The van der Waals surface area contributed by atoms with E-state index in [1.54, 1.807) is 6.08 Å². The predicted octanol–water partition coefficient (Wildman–Crippen LogP) is 5.05. The Balaban J connectivity index is 2.39. The summed E-state index contributed by atoms with van der Waals surface area (Å²) in [6.45, 7) is 3.91. The quantitative estimate of drug-likeness (QED) is 0.700. The van der Waals surface area contributed by atoms with Crippen LogP contribution in [-0.4, -0.2) is 6.61 Å². The van der Waals surface area contributed by atoms with Crippen molar-refractivity contribution in [2.75, 3.05) is 6.61 Å². The maximum Gasteiger partial charge on any atom is 0.416 e. The topological polar surface area (TPSA) is 9.23 Å². The van der Waals surface area contributed by atoms with Crippen LogP contribution in [0.1, 0.15) is 30.4 Å². The molecular formula is C14H14BrF3O. The van der Waals surface area contributed by atoms with E-state index in [0.29, 0.717) is 16.6 Å². The van der Waals surface area contributed by atoms with Crippen molar-refractivity contribution < 1.29 is 17.9 Å². The third kappa shape index (κ3) is 2.87. The molecule has 2 rings (SSSR count). The maximum absolute atomic E-state index is 12.8. The van der Waals surface area contributed by atoms with Gasteiger partial charge in [-0.1, -0.05) is 22.0 Å². The summed E-state index contributed by atoms with van der Waals surface area (Å²) >= 11 is 3.33. The van der Waals surface area contributed by atoms with E-state index in [2.05, 4.69) is 22.5 Å². The highest BCUT2D eigenvalue weighted by molar-refractivity contribution is 9.10. The van der Waals surface area contributed by atoms with E-state index >= 15 is 0 Å². The Hall–Kier alpha value is -0.810. The van der Waals surface area contributed by atoms with Gasteiger partial charge < -0.3 is 4.74 Å². The van der Waals surface area contributed by atoms with Crippen LogP contribution < -0.4 is 0 Å². The molecule has 1 fully saturated rings. The third-order valence-corrected chi connectivity index (χ3v) is 4.11. The Bertz CT molecular complexity index is 478. The van der Waals surface area contributed by atoms with Crippen LogP contribution in [0.15, 0.2) is 35.3 Å². The SMILES string of the molecule is C=CCOC1(c2cc(C(F)(F)F)ccc2Br)CCC1. The van der Waals surface area contributed by atoms with Crippen molar-refractivity contribution >= 4 is 15.9 Å². The Labute approximate surface area is 118 Å². The standard InChI is InChI=1S/C14H14BrF3O/c1-2-8-19-13(6-3-7-13)11-9-10(14(16,17)18)4-5-12(11)15/h2,4-5,9H,1,3,6-8H2. The zero-order valence-electron chi connectivity index (χ0n) is 10.3. The van der Waals surface area contributed by atoms with Crippen LogP contribution in [0.4, 0.5) is 13.2 Å². The molecule has 0 aliphatic heterocycles. The molecule has 19 heavy (non-hydrogen) atoms. The van der Waals surface area contributed by atoms with Gasteiger partial charge in [0.05, 0.1) is 17.8 Å². The van der Waals surface area contributed by atoms with Gasteiger partial charge >= 0.3 is 6.18 Å². The van der Waals surface area contributed by atoms with Crippen molar-refractivity contribution in [1.29, 1.82) is 0 Å². The summed E-state index contributed by atoms with van der Waals surface area (Å²) in [5.74, 6) is 0. The van der Waals surface area contributed by atoms with Crippen molar-refractivity contribution in [1.82, 2.24) is 0 Å². The second kappa shape index (κ2) is 5.29. The lowest BCUT2D eigenvalue weighted by molar-refractivity contribution is -0.138. The number of alkyl halides is 3. The molecule has 0 aromatic heterocycles. The summed E-state index contributed by atoms with van der Waals surface area (Å²) in [6, 6.07) is 3.70. The van der Waals surface area contributed by atoms with E-state index in [0.717, 1.165) is 25.3 Å². The molecule has 1 aliphatic carbocycles. The first-order chi connectivity index (χ1) is 8.89. The molecule has 0 spiro atoms.